The molecule has 0 saturated carbocycles. The molecule has 0 aromatic heterocycles. The third-order valence-electron chi connectivity index (χ3n) is 14.4. The molecule has 0 aromatic rings. The first-order chi connectivity index (χ1) is 44.5. The van der Waals surface area contributed by atoms with E-state index in [9.17, 15) is 33.9 Å². The van der Waals surface area contributed by atoms with Gasteiger partial charge in [-0.05, 0) is 110 Å². The molecule has 0 amide bonds. The fraction of sp³-hybridized carbons (Fsp3) is 0.831. The van der Waals surface area contributed by atoms with Crippen molar-refractivity contribution in [1.82, 2.24) is 10.2 Å². The molecule has 0 bridgehead atoms. The number of aliphatic carboxylic acids is 1. The molecule has 1 atom stereocenters. The van der Waals surface area contributed by atoms with Gasteiger partial charge in [0.1, 0.15) is 25.9 Å². The minimum absolute atomic E-state index is 0.0269. The van der Waals surface area contributed by atoms with Crippen molar-refractivity contribution in [2.45, 2.75) is 252 Å². The lowest BCUT2D eigenvalue weighted by molar-refractivity contribution is -0.151. The summed E-state index contributed by atoms with van der Waals surface area (Å²) in [7, 11) is 0. The maximum atomic E-state index is 12.1. The average Bonchev–Trinajstić information content (AvgIpc) is 4.05. The third-order valence-corrected chi connectivity index (χ3v) is 14.4. The predicted molar refractivity (Wildman–Crippen MR) is 359 cm³/mol. The topological polar surface area (TPSA) is 250 Å². The highest BCUT2D eigenvalue weighted by molar-refractivity contribution is 6.04. The number of carbonyl (C=O) groups excluding carboxylic acids is 5. The number of aliphatic hydroxyl groups is 1. The first kappa shape index (κ1) is 88.9. The van der Waals surface area contributed by atoms with Crippen LogP contribution >= 0.6 is 0 Å². The summed E-state index contributed by atoms with van der Waals surface area (Å²) in [5.41, 5.74) is 0. The van der Waals surface area contributed by atoms with E-state index >= 15 is 0 Å². The van der Waals surface area contributed by atoms with Crippen molar-refractivity contribution in [2.75, 3.05) is 132 Å². The molecule has 0 saturated heterocycles. The van der Waals surface area contributed by atoms with Crippen molar-refractivity contribution in [2.24, 2.45) is 0 Å². The second-order valence-corrected chi connectivity index (χ2v) is 22.8. The number of carboxylic acid groups (broad SMARTS) is 1. The first-order valence-electron chi connectivity index (χ1n) is 35.5. The fourth-order valence-electron chi connectivity index (χ4n) is 9.07. The Balaban J connectivity index is 0. The van der Waals surface area contributed by atoms with Crippen molar-refractivity contribution in [3.05, 3.63) is 36.5 Å². The average molecular weight is 1300 g/mol. The molecule has 0 fully saturated rings. The maximum absolute atomic E-state index is 12.1. The number of esters is 5. The van der Waals surface area contributed by atoms with Crippen LogP contribution in [0.3, 0.4) is 0 Å². The van der Waals surface area contributed by atoms with Crippen LogP contribution in [0.15, 0.2) is 36.5 Å². The molecule has 1 rings (SSSR count). The Bertz CT molecular complexity index is 1710. The van der Waals surface area contributed by atoms with Crippen LogP contribution in [0.4, 0.5) is 0 Å². The minimum atomic E-state index is -1.06. The summed E-state index contributed by atoms with van der Waals surface area (Å²) in [6.45, 7) is 17.7. The van der Waals surface area contributed by atoms with E-state index < -0.39 is 29.9 Å². The first-order valence-corrected chi connectivity index (χ1v) is 35.5. The Labute approximate surface area is 550 Å². The van der Waals surface area contributed by atoms with E-state index in [2.05, 4.69) is 67.0 Å². The highest BCUT2D eigenvalue weighted by Crippen LogP contribution is 2.13. The normalized spacial score (nSPS) is 12.3. The van der Waals surface area contributed by atoms with Gasteiger partial charge >= 0.3 is 35.8 Å². The van der Waals surface area contributed by atoms with Gasteiger partial charge in [0.05, 0.1) is 92.3 Å². The SMILES string of the molecule is CCCCCCCC/C=C\CCCCCCCC(=O)OCCOCCOCCOCCO.CCCCCCCC/C=C\CCCCCCCC(=O)OCCOCCOCCOCCOC(=O)CC(NCCCN(CCCC)CCCC)C(=O)O.O=C1C=CC(=O)O1. The molecule has 0 aromatic carbocycles. The van der Waals surface area contributed by atoms with Gasteiger partial charge in [0.25, 0.3) is 0 Å². The highest BCUT2D eigenvalue weighted by atomic mass is 16.6. The van der Waals surface area contributed by atoms with Crippen LogP contribution in [-0.2, 0) is 76.1 Å². The summed E-state index contributed by atoms with van der Waals surface area (Å²) < 4.78 is 51.6. The number of ether oxygens (including phenoxy) is 10. The van der Waals surface area contributed by atoms with Crippen molar-refractivity contribution >= 4 is 35.8 Å². The molecule has 1 unspecified atom stereocenters. The number of hydrogen-bond acceptors (Lipinski definition) is 19. The number of unbranched alkanes of at least 4 members (excludes halogenated alkanes) is 24. The van der Waals surface area contributed by atoms with Crippen LogP contribution in [0.2, 0.25) is 0 Å². The molecule has 1 aliphatic heterocycles. The van der Waals surface area contributed by atoms with Crippen molar-refractivity contribution in [1.29, 1.82) is 0 Å². The van der Waals surface area contributed by atoms with Gasteiger partial charge in [0.2, 0.25) is 0 Å². The molecule has 1 aliphatic rings. The van der Waals surface area contributed by atoms with Gasteiger partial charge in [0, 0.05) is 25.0 Å². The van der Waals surface area contributed by atoms with Crippen LogP contribution in [0, 0.1) is 0 Å². The summed E-state index contributed by atoms with van der Waals surface area (Å²) >= 11 is 0. The second-order valence-electron chi connectivity index (χ2n) is 22.8. The van der Waals surface area contributed by atoms with Crippen molar-refractivity contribution < 1.29 is 86.3 Å². The lowest BCUT2D eigenvalue weighted by Gasteiger charge is -2.22. The molecule has 0 spiro atoms. The van der Waals surface area contributed by atoms with E-state index in [4.69, 9.17) is 47.7 Å². The van der Waals surface area contributed by atoms with Gasteiger partial charge in [-0.15, -0.1) is 0 Å². The zero-order chi connectivity index (χ0) is 66.8. The third kappa shape index (κ3) is 73.2. The number of aliphatic hydroxyl groups excluding tert-OH is 1. The van der Waals surface area contributed by atoms with E-state index in [1.807, 2.05) is 0 Å². The van der Waals surface area contributed by atoms with Crippen LogP contribution < -0.4 is 5.32 Å². The van der Waals surface area contributed by atoms with Crippen LogP contribution in [-0.4, -0.2) is 189 Å². The fourth-order valence-corrected chi connectivity index (χ4v) is 9.07. The van der Waals surface area contributed by atoms with Gasteiger partial charge in [-0.25, -0.2) is 9.59 Å². The van der Waals surface area contributed by atoms with E-state index in [1.54, 1.807) is 0 Å². The second kappa shape index (κ2) is 74.9. The predicted octanol–water partition coefficient (Wildman–Crippen LogP) is 13.1. The molecular weight excluding hydrogens is 1170 g/mol. The minimum Gasteiger partial charge on any atom is -0.480 e. The smallest absolute Gasteiger partial charge is 0.338 e. The number of allylic oxidation sites excluding steroid dienone is 4. The standard InChI is InChI=1S/C41H78N2O9.C26H50O6.C4H2O3/c1-4-7-10-11-12-13-14-15-16-17-18-19-20-21-22-24-39(44)51-35-33-49-31-29-48-30-32-50-34-36-52-40(45)37-38(41(46)47)42-25-23-28-43(26-8-5-2)27-9-6-3;1-2-3-4-5-6-7-8-9-10-11-12-13-14-15-16-17-26(28)32-25-24-31-23-22-30-21-20-29-19-18-27;5-3-1-2-4(6)7-3/h15-16,38,42H,4-14,17-37H2,1-3H3,(H,46,47);9-10,27H,2-8,11-25H2,1H3;1-2H/b16-15-;10-9-;. The summed E-state index contributed by atoms with van der Waals surface area (Å²) in [6.07, 6.45) is 50.0. The zero-order valence-corrected chi connectivity index (χ0v) is 57.6. The Hall–Kier alpha value is -4.12. The Morgan fingerprint density at radius 3 is 1.05 bits per heavy atom. The van der Waals surface area contributed by atoms with Crippen LogP contribution in [0.5, 0.6) is 0 Å². The molecule has 0 aliphatic carbocycles. The molecular formula is C71H130N2O18. The lowest BCUT2D eigenvalue weighted by Crippen LogP contribution is -2.40. The largest absolute Gasteiger partial charge is 0.480 e. The number of rotatable bonds is 67. The van der Waals surface area contributed by atoms with E-state index in [1.165, 1.54) is 128 Å². The monoisotopic (exact) mass is 1300 g/mol. The van der Waals surface area contributed by atoms with Crippen molar-refractivity contribution in [3.63, 3.8) is 0 Å². The number of carbonyl (C=O) groups is 6. The lowest BCUT2D eigenvalue weighted by atomic mass is 10.1. The van der Waals surface area contributed by atoms with Gasteiger partial charge in [-0.1, -0.05) is 168 Å². The van der Waals surface area contributed by atoms with Crippen LogP contribution in [0.25, 0.3) is 0 Å². The molecule has 3 N–H and O–H groups in total. The molecule has 0 radical (unpaired) electrons. The Morgan fingerprint density at radius 2 is 0.725 bits per heavy atom. The number of nitrogens with zero attached hydrogens (tertiary/aromatic N) is 1. The molecule has 20 heteroatoms. The van der Waals surface area contributed by atoms with Gasteiger partial charge < -0.3 is 67.8 Å². The van der Waals surface area contributed by atoms with E-state index in [0.29, 0.717) is 98.7 Å². The maximum Gasteiger partial charge on any atom is 0.338 e. The Morgan fingerprint density at radius 1 is 0.418 bits per heavy atom. The number of hydrogen-bond donors (Lipinski definition) is 3. The van der Waals surface area contributed by atoms with E-state index in [0.717, 1.165) is 102 Å². The number of cyclic esters (lactones) is 2. The molecule has 1 heterocycles. The summed E-state index contributed by atoms with van der Waals surface area (Å²) in [6, 6.07) is -0.974. The van der Waals surface area contributed by atoms with Crippen LogP contribution in [0.1, 0.15) is 246 Å². The Kier molecular flexibility index (Phi) is 73.2. The number of carboxylic acids is 1. The van der Waals surface area contributed by atoms with Gasteiger partial charge in [-0.3, -0.25) is 19.2 Å². The summed E-state index contributed by atoms with van der Waals surface area (Å²) in [5.74, 6) is -3.10. The van der Waals surface area contributed by atoms with Crippen molar-refractivity contribution in [3.8, 4) is 0 Å². The van der Waals surface area contributed by atoms with E-state index in [-0.39, 0.29) is 44.8 Å². The molecule has 532 valence electrons. The highest BCUT2D eigenvalue weighted by Gasteiger charge is 2.21. The van der Waals surface area contributed by atoms with Gasteiger partial charge in [0.15, 0.2) is 0 Å². The molecule has 20 nitrogen and oxygen atoms in total. The molecule has 91 heavy (non-hydrogen) atoms. The zero-order valence-electron chi connectivity index (χ0n) is 57.6. The quantitative estimate of drug-likeness (QED) is 0.0168. The summed E-state index contributed by atoms with van der Waals surface area (Å²) in [5, 5.41) is 21.0. The van der Waals surface area contributed by atoms with Gasteiger partial charge in [-0.2, -0.15) is 0 Å². The summed E-state index contributed by atoms with van der Waals surface area (Å²) in [4.78, 5) is 69.6. The number of nitrogens with one attached hydrogen (secondary N) is 1.